The number of rotatable bonds is 2. The van der Waals surface area contributed by atoms with Gasteiger partial charge in [-0.15, -0.1) is 0 Å². The van der Waals surface area contributed by atoms with Gasteiger partial charge in [0.2, 0.25) is 0 Å². The van der Waals surface area contributed by atoms with Crippen LogP contribution in [0.1, 0.15) is 18.6 Å². The number of ether oxygens (including phenoxy) is 1. The number of hydrogen-bond acceptors (Lipinski definition) is 3. The first-order valence-corrected chi connectivity index (χ1v) is 4.83. The van der Waals surface area contributed by atoms with Gasteiger partial charge in [0.05, 0.1) is 18.7 Å². The molecule has 1 unspecified atom stereocenters. The van der Waals surface area contributed by atoms with Crippen LogP contribution in [-0.4, -0.2) is 17.2 Å². The van der Waals surface area contributed by atoms with Gasteiger partial charge in [-0.1, -0.05) is 0 Å². The number of aliphatic hydroxyl groups excluding tert-OH is 1. The highest BCUT2D eigenvalue weighted by Crippen LogP contribution is 2.26. The molecule has 1 aromatic carbocycles. The number of pyridine rings is 1. The largest absolute Gasteiger partial charge is 0.497 e. The molecule has 0 bridgehead atoms. The summed E-state index contributed by atoms with van der Waals surface area (Å²) >= 11 is 0. The van der Waals surface area contributed by atoms with Crippen molar-refractivity contribution in [2.75, 3.05) is 7.11 Å². The summed E-state index contributed by atoms with van der Waals surface area (Å²) in [6.07, 6.45) is 1.21. The van der Waals surface area contributed by atoms with E-state index in [4.69, 9.17) is 4.74 Å². The second-order valence-corrected chi connectivity index (χ2v) is 3.46. The molecule has 0 saturated carbocycles. The number of nitrogens with zero attached hydrogens (tertiary/aromatic N) is 1. The highest BCUT2D eigenvalue weighted by Gasteiger charge is 2.07. The summed E-state index contributed by atoms with van der Waals surface area (Å²) in [6, 6.07) is 7.47. The Morgan fingerprint density at radius 1 is 1.33 bits per heavy atom. The molecule has 3 heteroatoms. The van der Waals surface area contributed by atoms with Gasteiger partial charge in [0.15, 0.2) is 0 Å². The maximum Gasteiger partial charge on any atom is 0.119 e. The van der Waals surface area contributed by atoms with Crippen LogP contribution < -0.4 is 4.74 Å². The summed E-state index contributed by atoms with van der Waals surface area (Å²) in [6.45, 7) is 1.74. The summed E-state index contributed by atoms with van der Waals surface area (Å²) in [7, 11) is 1.62. The van der Waals surface area contributed by atoms with Crippen LogP contribution in [0.2, 0.25) is 0 Å². The lowest BCUT2D eigenvalue weighted by molar-refractivity contribution is 0.201. The van der Waals surface area contributed by atoms with Gasteiger partial charge in [-0.05, 0) is 36.8 Å². The van der Waals surface area contributed by atoms with E-state index in [0.29, 0.717) is 0 Å². The summed E-state index contributed by atoms with van der Waals surface area (Å²) in [4.78, 5) is 4.23. The first-order valence-electron chi connectivity index (χ1n) is 4.83. The monoisotopic (exact) mass is 203 g/mol. The summed E-state index contributed by atoms with van der Waals surface area (Å²) in [5, 5.41) is 10.6. The molecule has 0 aliphatic heterocycles. The predicted molar refractivity (Wildman–Crippen MR) is 58.9 cm³/mol. The fourth-order valence-electron chi connectivity index (χ4n) is 1.64. The fourth-order valence-corrected chi connectivity index (χ4v) is 1.64. The van der Waals surface area contributed by atoms with Gasteiger partial charge in [-0.3, -0.25) is 4.98 Å². The van der Waals surface area contributed by atoms with Gasteiger partial charge in [-0.25, -0.2) is 0 Å². The molecule has 1 heterocycles. The van der Waals surface area contributed by atoms with E-state index in [1.54, 1.807) is 20.2 Å². The van der Waals surface area contributed by atoms with Crippen molar-refractivity contribution in [2.45, 2.75) is 13.0 Å². The number of fused-ring (bicyclic) bond motifs is 1. The third kappa shape index (κ3) is 1.78. The van der Waals surface area contributed by atoms with Gasteiger partial charge in [-0.2, -0.15) is 0 Å². The Morgan fingerprint density at radius 3 is 2.80 bits per heavy atom. The number of aromatic nitrogens is 1. The van der Waals surface area contributed by atoms with Crippen molar-refractivity contribution in [2.24, 2.45) is 0 Å². The number of benzene rings is 1. The van der Waals surface area contributed by atoms with Crippen molar-refractivity contribution in [3.63, 3.8) is 0 Å². The third-order valence-electron chi connectivity index (χ3n) is 2.43. The molecule has 0 amide bonds. The Bertz CT molecular complexity index is 480. The van der Waals surface area contributed by atoms with E-state index in [2.05, 4.69) is 4.98 Å². The lowest BCUT2D eigenvalue weighted by Gasteiger charge is -2.09. The Kier molecular flexibility index (Phi) is 2.56. The second-order valence-electron chi connectivity index (χ2n) is 3.46. The summed E-state index contributed by atoms with van der Waals surface area (Å²) in [5.41, 5.74) is 1.74. The van der Waals surface area contributed by atoms with E-state index in [-0.39, 0.29) is 0 Å². The molecule has 1 aromatic heterocycles. The zero-order valence-electron chi connectivity index (χ0n) is 8.77. The van der Waals surface area contributed by atoms with Crippen molar-refractivity contribution < 1.29 is 9.84 Å². The summed E-state index contributed by atoms with van der Waals surface area (Å²) in [5.74, 6) is 0.775. The van der Waals surface area contributed by atoms with Gasteiger partial charge < -0.3 is 9.84 Å². The highest BCUT2D eigenvalue weighted by molar-refractivity contribution is 5.83. The van der Waals surface area contributed by atoms with Crippen molar-refractivity contribution in [3.8, 4) is 5.75 Å². The molecular weight excluding hydrogens is 190 g/mol. The number of methoxy groups -OCH3 is 1. The lowest BCUT2D eigenvalue weighted by Crippen LogP contribution is -1.94. The molecule has 0 spiro atoms. The predicted octanol–water partition coefficient (Wildman–Crippen LogP) is 2.30. The van der Waals surface area contributed by atoms with Crippen LogP contribution >= 0.6 is 0 Å². The molecule has 0 aliphatic rings. The van der Waals surface area contributed by atoms with Crippen molar-refractivity contribution in [1.82, 2.24) is 4.98 Å². The Hall–Kier alpha value is -1.61. The normalized spacial score (nSPS) is 12.7. The standard InChI is InChI=1S/C12H13NO2/c1-8(14)10-5-6-13-12-4-3-9(15-2)7-11(10)12/h3-8,14H,1-2H3. The van der Waals surface area contributed by atoms with Crippen LogP contribution in [0.4, 0.5) is 0 Å². The zero-order chi connectivity index (χ0) is 10.8. The van der Waals surface area contributed by atoms with Gasteiger partial charge in [0.25, 0.3) is 0 Å². The van der Waals surface area contributed by atoms with E-state index in [9.17, 15) is 5.11 Å². The highest BCUT2D eigenvalue weighted by atomic mass is 16.5. The molecule has 2 aromatic rings. The third-order valence-corrected chi connectivity index (χ3v) is 2.43. The van der Waals surface area contributed by atoms with Crippen LogP contribution in [0.3, 0.4) is 0 Å². The molecule has 15 heavy (non-hydrogen) atoms. The van der Waals surface area contributed by atoms with E-state index >= 15 is 0 Å². The molecule has 2 rings (SSSR count). The average molecular weight is 203 g/mol. The minimum absolute atomic E-state index is 0.498. The van der Waals surface area contributed by atoms with E-state index < -0.39 is 6.10 Å². The Labute approximate surface area is 88.3 Å². The van der Waals surface area contributed by atoms with E-state index in [0.717, 1.165) is 22.2 Å². The molecule has 1 N–H and O–H groups in total. The van der Waals surface area contributed by atoms with E-state index in [1.165, 1.54) is 0 Å². The van der Waals surface area contributed by atoms with Crippen molar-refractivity contribution in [3.05, 3.63) is 36.0 Å². The summed E-state index contributed by atoms with van der Waals surface area (Å²) < 4.78 is 5.15. The molecular formula is C12H13NO2. The minimum atomic E-state index is -0.498. The topological polar surface area (TPSA) is 42.4 Å². The average Bonchev–Trinajstić information content (AvgIpc) is 2.27. The molecule has 78 valence electrons. The van der Waals surface area contributed by atoms with Crippen LogP contribution in [0, 0.1) is 0 Å². The van der Waals surface area contributed by atoms with Gasteiger partial charge in [0, 0.05) is 11.6 Å². The Balaban J connectivity index is 2.70. The molecule has 0 radical (unpaired) electrons. The molecule has 0 saturated heterocycles. The minimum Gasteiger partial charge on any atom is -0.497 e. The van der Waals surface area contributed by atoms with Crippen LogP contribution in [-0.2, 0) is 0 Å². The molecule has 1 atom stereocenters. The second kappa shape index (κ2) is 3.87. The first kappa shape index (κ1) is 9.93. The van der Waals surface area contributed by atoms with E-state index in [1.807, 2.05) is 24.3 Å². The number of aliphatic hydroxyl groups is 1. The van der Waals surface area contributed by atoms with Crippen LogP contribution in [0.5, 0.6) is 5.75 Å². The van der Waals surface area contributed by atoms with Gasteiger partial charge >= 0.3 is 0 Å². The number of hydrogen-bond donors (Lipinski definition) is 1. The molecule has 3 nitrogen and oxygen atoms in total. The van der Waals surface area contributed by atoms with Crippen molar-refractivity contribution in [1.29, 1.82) is 0 Å². The smallest absolute Gasteiger partial charge is 0.119 e. The van der Waals surface area contributed by atoms with Crippen molar-refractivity contribution >= 4 is 10.9 Å². The molecule has 0 fully saturated rings. The van der Waals surface area contributed by atoms with Gasteiger partial charge in [0.1, 0.15) is 5.75 Å². The maximum absolute atomic E-state index is 9.62. The molecule has 0 aliphatic carbocycles. The zero-order valence-corrected chi connectivity index (χ0v) is 8.77. The first-order chi connectivity index (χ1) is 7.22. The van der Waals surface area contributed by atoms with Crippen LogP contribution in [0.25, 0.3) is 10.9 Å². The van der Waals surface area contributed by atoms with Crippen LogP contribution in [0.15, 0.2) is 30.5 Å². The Morgan fingerprint density at radius 2 is 2.13 bits per heavy atom. The lowest BCUT2D eigenvalue weighted by atomic mass is 10.1. The SMILES string of the molecule is COc1ccc2nccc(C(C)O)c2c1. The maximum atomic E-state index is 9.62. The quantitative estimate of drug-likeness (QED) is 0.814. The fraction of sp³-hybridized carbons (Fsp3) is 0.250.